The third kappa shape index (κ3) is 3.85. The Balaban J connectivity index is 1.60. The van der Waals surface area contributed by atoms with Crippen molar-refractivity contribution in [3.8, 4) is 5.69 Å². The molecule has 0 bridgehead atoms. The van der Waals surface area contributed by atoms with Crippen LogP contribution in [0.3, 0.4) is 0 Å². The van der Waals surface area contributed by atoms with Gasteiger partial charge in [0.25, 0.3) is 5.91 Å². The van der Waals surface area contributed by atoms with Crippen molar-refractivity contribution in [1.82, 2.24) is 20.3 Å². The molecule has 3 aromatic rings. The lowest BCUT2D eigenvalue weighted by molar-refractivity contribution is 0.0946. The van der Waals surface area contributed by atoms with Gasteiger partial charge in [-0.1, -0.05) is 47.7 Å². The van der Waals surface area contributed by atoms with E-state index in [1.54, 1.807) is 18.0 Å². The van der Waals surface area contributed by atoms with Crippen molar-refractivity contribution in [1.29, 1.82) is 0 Å². The lowest BCUT2D eigenvalue weighted by Crippen LogP contribution is -2.23. The fourth-order valence-electron chi connectivity index (χ4n) is 2.27. The van der Waals surface area contributed by atoms with Crippen LogP contribution in [0.4, 0.5) is 0 Å². The van der Waals surface area contributed by atoms with Gasteiger partial charge in [0, 0.05) is 13.7 Å². The number of aromatic nitrogens is 3. The summed E-state index contributed by atoms with van der Waals surface area (Å²) in [5.74, 6) is -0.252. The Morgan fingerprint density at radius 2 is 1.79 bits per heavy atom. The summed E-state index contributed by atoms with van der Waals surface area (Å²) < 4.78 is 6.65. The Kier molecular flexibility index (Phi) is 4.98. The molecular weight excluding hydrogens is 304 g/mol. The van der Waals surface area contributed by atoms with Gasteiger partial charge in [0.1, 0.15) is 0 Å². The summed E-state index contributed by atoms with van der Waals surface area (Å²) >= 11 is 0. The van der Waals surface area contributed by atoms with Gasteiger partial charge in [-0.05, 0) is 23.3 Å². The first-order valence-corrected chi connectivity index (χ1v) is 7.59. The van der Waals surface area contributed by atoms with Crippen LogP contribution in [0.2, 0.25) is 0 Å². The molecule has 1 amide bonds. The van der Waals surface area contributed by atoms with Crippen LogP contribution in [-0.4, -0.2) is 28.0 Å². The third-order valence-corrected chi connectivity index (χ3v) is 3.53. The topological polar surface area (TPSA) is 69.0 Å². The van der Waals surface area contributed by atoms with Crippen LogP contribution in [0.1, 0.15) is 21.6 Å². The first-order chi connectivity index (χ1) is 11.8. The highest BCUT2D eigenvalue weighted by molar-refractivity contribution is 5.91. The van der Waals surface area contributed by atoms with Gasteiger partial charge in [0.05, 0.1) is 18.5 Å². The molecule has 6 heteroatoms. The van der Waals surface area contributed by atoms with E-state index >= 15 is 0 Å². The van der Waals surface area contributed by atoms with Gasteiger partial charge in [-0.3, -0.25) is 4.79 Å². The van der Waals surface area contributed by atoms with E-state index < -0.39 is 0 Å². The maximum atomic E-state index is 12.2. The number of nitrogens with one attached hydrogen (secondary N) is 1. The highest BCUT2D eigenvalue weighted by Gasteiger charge is 2.11. The van der Waals surface area contributed by atoms with Crippen LogP contribution in [0.25, 0.3) is 5.69 Å². The summed E-state index contributed by atoms with van der Waals surface area (Å²) in [7, 11) is 1.66. The monoisotopic (exact) mass is 322 g/mol. The molecule has 0 radical (unpaired) electrons. The summed E-state index contributed by atoms with van der Waals surface area (Å²) in [4.78, 5) is 12.2. The molecule has 1 N–H and O–H groups in total. The minimum Gasteiger partial charge on any atom is -0.380 e. The van der Waals surface area contributed by atoms with Crippen molar-refractivity contribution in [2.45, 2.75) is 13.2 Å². The van der Waals surface area contributed by atoms with Gasteiger partial charge >= 0.3 is 0 Å². The standard InChI is InChI=1S/C18H18N4O2/c1-24-13-15-9-7-14(8-10-15)11-19-18(23)17-12-22(21-20-17)16-5-3-2-4-6-16/h2-10,12H,11,13H2,1H3,(H,19,23). The summed E-state index contributed by atoms with van der Waals surface area (Å²) in [5, 5.41) is 10.8. The number of amides is 1. The Hall–Kier alpha value is -2.99. The van der Waals surface area contributed by atoms with Crippen LogP contribution in [-0.2, 0) is 17.9 Å². The molecule has 0 aliphatic carbocycles. The molecule has 1 aromatic heterocycles. The van der Waals surface area contributed by atoms with E-state index in [-0.39, 0.29) is 11.6 Å². The molecule has 0 unspecified atom stereocenters. The first kappa shape index (κ1) is 15.9. The minimum absolute atomic E-state index is 0.252. The van der Waals surface area contributed by atoms with Crippen LogP contribution in [0.15, 0.2) is 60.8 Å². The van der Waals surface area contributed by atoms with E-state index in [9.17, 15) is 4.79 Å². The van der Waals surface area contributed by atoms with E-state index in [2.05, 4.69) is 15.6 Å². The normalized spacial score (nSPS) is 10.5. The predicted octanol–water partition coefficient (Wildman–Crippen LogP) is 2.34. The van der Waals surface area contributed by atoms with Crippen LogP contribution in [0, 0.1) is 0 Å². The highest BCUT2D eigenvalue weighted by Crippen LogP contribution is 2.07. The van der Waals surface area contributed by atoms with Crippen molar-refractivity contribution in [2.75, 3.05) is 7.11 Å². The van der Waals surface area contributed by atoms with E-state index in [0.29, 0.717) is 13.2 Å². The lowest BCUT2D eigenvalue weighted by Gasteiger charge is -2.05. The molecule has 0 atom stereocenters. The molecular formula is C18H18N4O2. The van der Waals surface area contributed by atoms with Crippen molar-refractivity contribution < 1.29 is 9.53 Å². The van der Waals surface area contributed by atoms with Crippen molar-refractivity contribution in [2.24, 2.45) is 0 Å². The number of benzene rings is 2. The van der Waals surface area contributed by atoms with E-state index in [4.69, 9.17) is 4.74 Å². The van der Waals surface area contributed by atoms with E-state index in [1.807, 2.05) is 54.6 Å². The van der Waals surface area contributed by atoms with Gasteiger partial charge in [-0.25, -0.2) is 4.68 Å². The molecule has 0 spiro atoms. The van der Waals surface area contributed by atoms with Crippen molar-refractivity contribution in [3.63, 3.8) is 0 Å². The molecule has 0 fully saturated rings. The van der Waals surface area contributed by atoms with Crippen molar-refractivity contribution >= 4 is 5.91 Å². The Bertz CT molecular complexity index is 797. The van der Waals surface area contributed by atoms with E-state index in [0.717, 1.165) is 16.8 Å². The largest absolute Gasteiger partial charge is 0.380 e. The number of hydrogen-bond donors (Lipinski definition) is 1. The number of ether oxygens (including phenoxy) is 1. The SMILES string of the molecule is COCc1ccc(CNC(=O)c2cn(-c3ccccc3)nn2)cc1. The van der Waals surface area contributed by atoms with E-state index in [1.165, 1.54) is 0 Å². The molecule has 3 rings (SSSR count). The quantitative estimate of drug-likeness (QED) is 0.756. The van der Waals surface area contributed by atoms with Gasteiger partial charge in [0.2, 0.25) is 0 Å². The maximum absolute atomic E-state index is 12.2. The smallest absolute Gasteiger partial charge is 0.273 e. The number of carbonyl (C=O) groups excluding carboxylic acids is 1. The summed E-state index contributed by atoms with van der Waals surface area (Å²) in [6.07, 6.45) is 1.62. The molecule has 1 heterocycles. The predicted molar refractivity (Wildman–Crippen MR) is 89.7 cm³/mol. The molecule has 24 heavy (non-hydrogen) atoms. The Morgan fingerprint density at radius 3 is 2.50 bits per heavy atom. The average molecular weight is 322 g/mol. The fourth-order valence-corrected chi connectivity index (χ4v) is 2.27. The van der Waals surface area contributed by atoms with Gasteiger partial charge in [-0.15, -0.1) is 5.10 Å². The zero-order chi connectivity index (χ0) is 16.8. The lowest BCUT2D eigenvalue weighted by atomic mass is 10.1. The van der Waals surface area contributed by atoms with Gasteiger partial charge in [-0.2, -0.15) is 0 Å². The molecule has 0 aliphatic heterocycles. The average Bonchev–Trinajstić information content (AvgIpc) is 3.12. The first-order valence-electron chi connectivity index (χ1n) is 7.59. The number of para-hydroxylation sites is 1. The molecule has 0 saturated carbocycles. The van der Waals surface area contributed by atoms with Crippen LogP contribution < -0.4 is 5.32 Å². The van der Waals surface area contributed by atoms with Crippen molar-refractivity contribution in [3.05, 3.63) is 77.6 Å². The minimum atomic E-state index is -0.252. The number of carbonyl (C=O) groups is 1. The number of hydrogen-bond acceptors (Lipinski definition) is 4. The third-order valence-electron chi connectivity index (χ3n) is 3.53. The van der Waals surface area contributed by atoms with Crippen LogP contribution >= 0.6 is 0 Å². The molecule has 0 aliphatic rings. The molecule has 122 valence electrons. The Morgan fingerprint density at radius 1 is 1.08 bits per heavy atom. The zero-order valence-corrected chi connectivity index (χ0v) is 13.3. The molecule has 2 aromatic carbocycles. The second-order valence-corrected chi connectivity index (χ2v) is 5.32. The maximum Gasteiger partial charge on any atom is 0.273 e. The molecule has 6 nitrogen and oxygen atoms in total. The summed E-state index contributed by atoms with van der Waals surface area (Å²) in [5.41, 5.74) is 3.25. The second kappa shape index (κ2) is 7.52. The fraction of sp³-hybridized carbons (Fsp3) is 0.167. The Labute approximate surface area is 140 Å². The van der Waals surface area contributed by atoms with Crippen LogP contribution in [0.5, 0.6) is 0 Å². The summed E-state index contributed by atoms with van der Waals surface area (Å²) in [6, 6.07) is 17.4. The summed E-state index contributed by atoms with van der Waals surface area (Å²) in [6.45, 7) is 1.01. The zero-order valence-electron chi connectivity index (χ0n) is 13.3. The highest BCUT2D eigenvalue weighted by atomic mass is 16.5. The second-order valence-electron chi connectivity index (χ2n) is 5.32. The van der Waals surface area contributed by atoms with Gasteiger partial charge in [0.15, 0.2) is 5.69 Å². The van der Waals surface area contributed by atoms with Gasteiger partial charge < -0.3 is 10.1 Å². The number of nitrogens with zero attached hydrogens (tertiary/aromatic N) is 3. The number of rotatable bonds is 6. The number of methoxy groups -OCH3 is 1. The molecule has 0 saturated heterocycles.